The van der Waals surface area contributed by atoms with Crippen LogP contribution in [0.5, 0.6) is 0 Å². The molecule has 1 aromatic carbocycles. The van der Waals surface area contributed by atoms with Crippen LogP contribution in [0, 0.1) is 6.92 Å². The zero-order chi connectivity index (χ0) is 16.2. The van der Waals surface area contributed by atoms with E-state index in [4.69, 9.17) is 4.42 Å². The number of imidazole rings is 1. The maximum atomic E-state index is 5.84. The van der Waals surface area contributed by atoms with Gasteiger partial charge in [0.1, 0.15) is 11.6 Å². The molecule has 3 aromatic rings. The molecule has 0 spiro atoms. The number of rotatable bonds is 6. The van der Waals surface area contributed by atoms with E-state index in [2.05, 4.69) is 38.2 Å². The summed E-state index contributed by atoms with van der Waals surface area (Å²) < 4.78 is 5.84. The third-order valence-corrected chi connectivity index (χ3v) is 4.37. The normalized spacial score (nSPS) is 11.3. The van der Waals surface area contributed by atoms with Crippen molar-refractivity contribution in [2.45, 2.75) is 24.9 Å². The second kappa shape index (κ2) is 7.02. The van der Waals surface area contributed by atoms with Crippen LogP contribution in [-0.4, -0.2) is 33.2 Å². The predicted octanol–water partition coefficient (Wildman–Crippen LogP) is 3.73. The maximum Gasteiger partial charge on any atom is 0.226 e. The summed E-state index contributed by atoms with van der Waals surface area (Å²) >= 11 is 1.72. The lowest BCUT2D eigenvalue weighted by atomic mass is 10.2. The van der Waals surface area contributed by atoms with E-state index in [1.807, 2.05) is 32.3 Å². The Hall–Kier alpha value is -2.05. The Morgan fingerprint density at radius 3 is 2.65 bits per heavy atom. The molecule has 0 saturated carbocycles. The predicted molar refractivity (Wildman–Crippen MR) is 92.2 cm³/mol. The largest absolute Gasteiger partial charge is 0.441 e. The van der Waals surface area contributed by atoms with Crippen LogP contribution < -0.4 is 0 Å². The van der Waals surface area contributed by atoms with Crippen molar-refractivity contribution in [2.75, 3.05) is 13.3 Å². The van der Waals surface area contributed by atoms with Gasteiger partial charge in [-0.25, -0.2) is 9.97 Å². The van der Waals surface area contributed by atoms with Gasteiger partial charge in [0, 0.05) is 29.4 Å². The number of nitrogens with zero attached hydrogens (tertiary/aromatic N) is 3. The van der Waals surface area contributed by atoms with Gasteiger partial charge >= 0.3 is 0 Å². The molecule has 0 aliphatic rings. The van der Waals surface area contributed by atoms with Gasteiger partial charge in [0.25, 0.3) is 0 Å². The van der Waals surface area contributed by atoms with Crippen molar-refractivity contribution in [1.82, 2.24) is 19.9 Å². The monoisotopic (exact) mass is 328 g/mol. The molecule has 2 aromatic heterocycles. The number of H-pyrrole nitrogens is 1. The molecule has 0 atom stereocenters. The summed E-state index contributed by atoms with van der Waals surface area (Å²) in [6, 6.07) is 8.27. The first kappa shape index (κ1) is 15.8. The number of hydrogen-bond acceptors (Lipinski definition) is 5. The van der Waals surface area contributed by atoms with Crippen molar-refractivity contribution in [3.63, 3.8) is 0 Å². The molecule has 0 saturated heterocycles. The molecule has 6 heteroatoms. The van der Waals surface area contributed by atoms with E-state index in [1.165, 1.54) is 4.90 Å². The molecule has 1 N–H and O–H groups in total. The van der Waals surface area contributed by atoms with Gasteiger partial charge in [0.05, 0.1) is 12.2 Å². The summed E-state index contributed by atoms with van der Waals surface area (Å²) in [4.78, 5) is 15.4. The summed E-state index contributed by atoms with van der Waals surface area (Å²) in [6.07, 6.45) is 5.67. The fourth-order valence-corrected chi connectivity index (χ4v) is 2.79. The second-order valence-corrected chi connectivity index (χ2v) is 6.34. The molecule has 0 aliphatic carbocycles. The maximum absolute atomic E-state index is 5.84. The first-order valence-corrected chi connectivity index (χ1v) is 8.65. The van der Waals surface area contributed by atoms with E-state index in [0.717, 1.165) is 35.9 Å². The average Bonchev–Trinajstić information content (AvgIpc) is 3.18. The van der Waals surface area contributed by atoms with Crippen LogP contribution in [0.1, 0.15) is 17.3 Å². The summed E-state index contributed by atoms with van der Waals surface area (Å²) in [5, 5.41) is 0. The molecule has 0 radical (unpaired) electrons. The van der Waals surface area contributed by atoms with Crippen LogP contribution >= 0.6 is 11.8 Å². The summed E-state index contributed by atoms with van der Waals surface area (Å²) in [5.74, 6) is 2.48. The number of hydrogen-bond donors (Lipinski definition) is 1. The summed E-state index contributed by atoms with van der Waals surface area (Å²) in [7, 11) is 2.05. The molecular formula is C17H20N4OS. The highest BCUT2D eigenvalue weighted by Crippen LogP contribution is 2.25. The molecule has 120 valence electrons. The molecule has 23 heavy (non-hydrogen) atoms. The fourth-order valence-electron chi connectivity index (χ4n) is 2.38. The number of oxazole rings is 1. The van der Waals surface area contributed by atoms with Gasteiger partial charge in [-0.3, -0.25) is 4.90 Å². The Bertz CT molecular complexity index is 750. The zero-order valence-corrected chi connectivity index (χ0v) is 14.4. The van der Waals surface area contributed by atoms with E-state index in [-0.39, 0.29) is 0 Å². The molecule has 0 unspecified atom stereocenters. The van der Waals surface area contributed by atoms with E-state index in [9.17, 15) is 0 Å². The highest BCUT2D eigenvalue weighted by Gasteiger charge is 2.14. The van der Waals surface area contributed by atoms with E-state index >= 15 is 0 Å². The van der Waals surface area contributed by atoms with E-state index < -0.39 is 0 Å². The molecule has 3 rings (SSSR count). The Kier molecular flexibility index (Phi) is 4.83. The Labute approximate surface area is 140 Å². The van der Waals surface area contributed by atoms with Crippen molar-refractivity contribution in [3.8, 4) is 11.5 Å². The first-order valence-electron chi connectivity index (χ1n) is 7.43. The zero-order valence-electron chi connectivity index (χ0n) is 13.5. The van der Waals surface area contributed by atoms with E-state index in [0.29, 0.717) is 5.89 Å². The van der Waals surface area contributed by atoms with Gasteiger partial charge in [0.2, 0.25) is 5.89 Å². The standard InChI is InChI=1S/C17H20N4OS/c1-12-15(10-21(2)11-16-18-8-9-19-16)20-17(22-12)13-4-6-14(23-3)7-5-13/h4-9H,10-11H2,1-3H3,(H,18,19). The smallest absolute Gasteiger partial charge is 0.226 e. The van der Waals surface area contributed by atoms with Gasteiger partial charge < -0.3 is 9.40 Å². The quantitative estimate of drug-likeness (QED) is 0.699. The number of aryl methyl sites for hydroxylation is 1. The Morgan fingerprint density at radius 1 is 1.22 bits per heavy atom. The Balaban J connectivity index is 1.72. The minimum absolute atomic E-state index is 0.677. The number of aromatic amines is 1. The number of benzene rings is 1. The molecule has 0 aliphatic heterocycles. The van der Waals surface area contributed by atoms with Crippen LogP contribution in [0.4, 0.5) is 0 Å². The van der Waals surface area contributed by atoms with E-state index in [1.54, 1.807) is 18.0 Å². The molecule has 5 nitrogen and oxygen atoms in total. The Morgan fingerprint density at radius 2 is 2.00 bits per heavy atom. The number of nitrogens with one attached hydrogen (secondary N) is 1. The molecule has 0 bridgehead atoms. The summed E-state index contributed by atoms with van der Waals surface area (Å²) in [5.41, 5.74) is 1.97. The lowest BCUT2D eigenvalue weighted by Crippen LogP contribution is -2.18. The number of thioether (sulfide) groups is 1. The molecule has 0 fully saturated rings. The number of aromatic nitrogens is 3. The minimum Gasteiger partial charge on any atom is -0.441 e. The van der Waals surface area contributed by atoms with Crippen molar-refractivity contribution in [1.29, 1.82) is 0 Å². The third kappa shape index (κ3) is 3.83. The van der Waals surface area contributed by atoms with Crippen molar-refractivity contribution < 1.29 is 4.42 Å². The van der Waals surface area contributed by atoms with Crippen molar-refractivity contribution in [3.05, 3.63) is 53.9 Å². The van der Waals surface area contributed by atoms with Gasteiger partial charge in [-0.05, 0) is 44.5 Å². The third-order valence-electron chi connectivity index (χ3n) is 3.62. The first-order chi connectivity index (χ1) is 11.2. The minimum atomic E-state index is 0.677. The molecule has 0 amide bonds. The van der Waals surface area contributed by atoms with Gasteiger partial charge in [-0.2, -0.15) is 0 Å². The van der Waals surface area contributed by atoms with Gasteiger partial charge in [-0.15, -0.1) is 11.8 Å². The van der Waals surface area contributed by atoms with Crippen molar-refractivity contribution in [2.24, 2.45) is 0 Å². The van der Waals surface area contributed by atoms with Crippen LogP contribution in [0.25, 0.3) is 11.5 Å². The van der Waals surface area contributed by atoms with Crippen LogP contribution in [-0.2, 0) is 13.1 Å². The highest BCUT2D eigenvalue weighted by molar-refractivity contribution is 7.98. The lowest BCUT2D eigenvalue weighted by Gasteiger charge is -2.13. The topological polar surface area (TPSA) is 58.0 Å². The lowest BCUT2D eigenvalue weighted by molar-refractivity contribution is 0.306. The van der Waals surface area contributed by atoms with Crippen molar-refractivity contribution >= 4 is 11.8 Å². The van der Waals surface area contributed by atoms with Gasteiger partial charge in [0.15, 0.2) is 0 Å². The summed E-state index contributed by atoms with van der Waals surface area (Å²) in [6.45, 7) is 3.43. The van der Waals surface area contributed by atoms with Crippen LogP contribution in [0.2, 0.25) is 0 Å². The highest BCUT2D eigenvalue weighted by atomic mass is 32.2. The van der Waals surface area contributed by atoms with Crippen LogP contribution in [0.15, 0.2) is 46.0 Å². The SMILES string of the molecule is CSc1ccc(-c2nc(CN(C)Cc3ncc[nH]3)c(C)o2)cc1. The van der Waals surface area contributed by atoms with Gasteiger partial charge in [-0.1, -0.05) is 0 Å². The molecular weight excluding hydrogens is 308 g/mol. The van der Waals surface area contributed by atoms with Crippen LogP contribution in [0.3, 0.4) is 0 Å². The fraction of sp³-hybridized carbons (Fsp3) is 0.294. The second-order valence-electron chi connectivity index (χ2n) is 5.46. The average molecular weight is 328 g/mol. The molecule has 2 heterocycles.